The molecule has 4 aromatic rings. The second-order valence-electron chi connectivity index (χ2n) is 6.42. The number of imidazole rings is 1. The SMILES string of the molecule is O=[N+]([O-])c1ccc(NCCc2nccn2Cc2ccccc2)c2ncccc12. The number of nitrogens with one attached hydrogen (secondary N) is 1. The van der Waals surface area contributed by atoms with Gasteiger partial charge in [-0.25, -0.2) is 4.98 Å². The second kappa shape index (κ2) is 7.87. The Morgan fingerprint density at radius 3 is 2.68 bits per heavy atom. The van der Waals surface area contributed by atoms with Crippen LogP contribution in [-0.4, -0.2) is 26.0 Å². The highest BCUT2D eigenvalue weighted by Crippen LogP contribution is 2.29. The van der Waals surface area contributed by atoms with Crippen molar-refractivity contribution < 1.29 is 4.92 Å². The topological polar surface area (TPSA) is 85.9 Å². The molecule has 0 unspecified atom stereocenters. The summed E-state index contributed by atoms with van der Waals surface area (Å²) in [5, 5.41) is 15.1. The van der Waals surface area contributed by atoms with E-state index in [1.54, 1.807) is 30.6 Å². The number of hydrogen-bond acceptors (Lipinski definition) is 5. The van der Waals surface area contributed by atoms with Crippen molar-refractivity contribution in [1.82, 2.24) is 14.5 Å². The van der Waals surface area contributed by atoms with Crippen molar-refractivity contribution in [2.45, 2.75) is 13.0 Å². The number of aromatic nitrogens is 3. The molecule has 2 aromatic heterocycles. The van der Waals surface area contributed by atoms with Crippen LogP contribution in [0.3, 0.4) is 0 Å². The average molecular weight is 373 g/mol. The van der Waals surface area contributed by atoms with E-state index in [0.29, 0.717) is 17.4 Å². The van der Waals surface area contributed by atoms with Gasteiger partial charge in [-0.2, -0.15) is 0 Å². The first-order valence-electron chi connectivity index (χ1n) is 9.02. The minimum atomic E-state index is -0.381. The molecule has 7 heteroatoms. The van der Waals surface area contributed by atoms with E-state index in [1.807, 2.05) is 24.4 Å². The van der Waals surface area contributed by atoms with Gasteiger partial charge in [0.15, 0.2) is 0 Å². The Balaban J connectivity index is 1.48. The van der Waals surface area contributed by atoms with Crippen molar-refractivity contribution >= 4 is 22.3 Å². The number of non-ortho nitro benzene ring substituents is 1. The number of rotatable bonds is 7. The summed E-state index contributed by atoms with van der Waals surface area (Å²) in [6, 6.07) is 16.9. The van der Waals surface area contributed by atoms with Gasteiger partial charge in [0.25, 0.3) is 5.69 Å². The summed E-state index contributed by atoms with van der Waals surface area (Å²) in [4.78, 5) is 19.6. The molecule has 0 spiro atoms. The zero-order chi connectivity index (χ0) is 19.3. The lowest BCUT2D eigenvalue weighted by Crippen LogP contribution is -2.11. The molecule has 0 atom stereocenters. The molecule has 0 aliphatic heterocycles. The van der Waals surface area contributed by atoms with Gasteiger partial charge < -0.3 is 9.88 Å². The third-order valence-electron chi connectivity index (χ3n) is 4.60. The summed E-state index contributed by atoms with van der Waals surface area (Å²) >= 11 is 0. The van der Waals surface area contributed by atoms with Crippen molar-refractivity contribution in [2.75, 3.05) is 11.9 Å². The number of nitro benzene ring substituents is 1. The Morgan fingerprint density at radius 1 is 1.00 bits per heavy atom. The predicted octanol–water partition coefficient (Wildman–Crippen LogP) is 4.04. The first kappa shape index (κ1) is 17.7. The highest BCUT2D eigenvalue weighted by atomic mass is 16.6. The molecule has 0 aliphatic rings. The van der Waals surface area contributed by atoms with Gasteiger partial charge >= 0.3 is 0 Å². The van der Waals surface area contributed by atoms with E-state index in [0.717, 1.165) is 24.5 Å². The minimum absolute atomic E-state index is 0.0621. The van der Waals surface area contributed by atoms with Crippen LogP contribution in [0.5, 0.6) is 0 Å². The lowest BCUT2D eigenvalue weighted by Gasteiger charge is -2.11. The molecule has 0 radical (unpaired) electrons. The summed E-state index contributed by atoms with van der Waals surface area (Å²) in [5.41, 5.74) is 2.67. The van der Waals surface area contributed by atoms with Crippen molar-refractivity contribution in [3.8, 4) is 0 Å². The molecule has 0 saturated heterocycles. The Kier molecular flexibility index (Phi) is 4.97. The van der Waals surface area contributed by atoms with Crippen LogP contribution in [0.2, 0.25) is 0 Å². The summed E-state index contributed by atoms with van der Waals surface area (Å²) < 4.78 is 2.13. The fraction of sp³-hybridized carbons (Fsp3) is 0.143. The standard InChI is InChI=1S/C21H19N5O2/c27-26(28)19-9-8-18(21-17(19)7-4-11-24-21)22-12-10-20-23-13-14-25(20)15-16-5-2-1-3-6-16/h1-9,11,13-14,22H,10,12,15H2. The first-order chi connectivity index (χ1) is 13.7. The molecule has 0 aliphatic carbocycles. The molecule has 0 bridgehead atoms. The Hall–Kier alpha value is -3.74. The molecule has 2 heterocycles. The number of fused-ring (bicyclic) bond motifs is 1. The number of nitrogens with zero attached hydrogens (tertiary/aromatic N) is 4. The minimum Gasteiger partial charge on any atom is -0.383 e. The van der Waals surface area contributed by atoms with Gasteiger partial charge in [0.05, 0.1) is 16.0 Å². The number of anilines is 1. The van der Waals surface area contributed by atoms with Gasteiger partial charge in [-0.05, 0) is 23.8 Å². The molecule has 0 saturated carbocycles. The van der Waals surface area contributed by atoms with Crippen LogP contribution in [-0.2, 0) is 13.0 Å². The monoisotopic (exact) mass is 373 g/mol. The predicted molar refractivity (Wildman–Crippen MR) is 108 cm³/mol. The fourth-order valence-electron chi connectivity index (χ4n) is 3.26. The normalized spacial score (nSPS) is 10.9. The molecule has 4 rings (SSSR count). The molecule has 1 N–H and O–H groups in total. The third-order valence-corrected chi connectivity index (χ3v) is 4.60. The molecular weight excluding hydrogens is 354 g/mol. The smallest absolute Gasteiger partial charge is 0.278 e. The lowest BCUT2D eigenvalue weighted by atomic mass is 10.1. The van der Waals surface area contributed by atoms with E-state index in [4.69, 9.17) is 0 Å². The van der Waals surface area contributed by atoms with Gasteiger partial charge in [-0.3, -0.25) is 15.1 Å². The molecular formula is C21H19N5O2. The zero-order valence-corrected chi connectivity index (χ0v) is 15.2. The van der Waals surface area contributed by atoms with Crippen LogP contribution < -0.4 is 5.32 Å². The number of nitro groups is 1. The van der Waals surface area contributed by atoms with Crippen LogP contribution in [0.25, 0.3) is 10.9 Å². The zero-order valence-electron chi connectivity index (χ0n) is 15.2. The van der Waals surface area contributed by atoms with E-state index in [9.17, 15) is 10.1 Å². The van der Waals surface area contributed by atoms with Crippen LogP contribution in [0.15, 0.2) is 73.2 Å². The second-order valence-corrected chi connectivity index (χ2v) is 6.42. The van der Waals surface area contributed by atoms with Crippen LogP contribution in [0, 0.1) is 10.1 Å². The van der Waals surface area contributed by atoms with Crippen LogP contribution in [0.1, 0.15) is 11.4 Å². The highest BCUT2D eigenvalue weighted by Gasteiger charge is 2.14. The van der Waals surface area contributed by atoms with Gasteiger partial charge in [0, 0.05) is 44.2 Å². The quantitative estimate of drug-likeness (QED) is 0.390. The van der Waals surface area contributed by atoms with Crippen molar-refractivity contribution in [3.63, 3.8) is 0 Å². The fourth-order valence-corrected chi connectivity index (χ4v) is 3.26. The molecule has 2 aromatic carbocycles. The van der Waals surface area contributed by atoms with Crippen molar-refractivity contribution in [2.24, 2.45) is 0 Å². The molecule has 0 fully saturated rings. The number of benzene rings is 2. The van der Waals surface area contributed by atoms with E-state index in [-0.39, 0.29) is 10.6 Å². The summed E-state index contributed by atoms with van der Waals surface area (Å²) in [6.07, 6.45) is 6.15. The van der Waals surface area contributed by atoms with Gasteiger partial charge in [0.2, 0.25) is 0 Å². The van der Waals surface area contributed by atoms with Gasteiger partial charge in [0.1, 0.15) is 11.3 Å². The van der Waals surface area contributed by atoms with E-state index in [2.05, 4.69) is 32.0 Å². The molecule has 7 nitrogen and oxygen atoms in total. The van der Waals surface area contributed by atoms with Gasteiger partial charge in [-0.15, -0.1) is 0 Å². The maximum atomic E-state index is 11.2. The largest absolute Gasteiger partial charge is 0.383 e. The third kappa shape index (κ3) is 3.68. The lowest BCUT2D eigenvalue weighted by molar-refractivity contribution is -0.383. The molecule has 0 amide bonds. The molecule has 140 valence electrons. The number of pyridine rings is 1. The first-order valence-corrected chi connectivity index (χ1v) is 9.02. The van der Waals surface area contributed by atoms with E-state index >= 15 is 0 Å². The van der Waals surface area contributed by atoms with E-state index in [1.165, 1.54) is 11.6 Å². The van der Waals surface area contributed by atoms with E-state index < -0.39 is 0 Å². The maximum absolute atomic E-state index is 11.2. The average Bonchev–Trinajstić information content (AvgIpc) is 3.15. The van der Waals surface area contributed by atoms with Crippen LogP contribution >= 0.6 is 0 Å². The van der Waals surface area contributed by atoms with Crippen molar-refractivity contribution in [3.05, 3.63) is 94.7 Å². The Labute approximate surface area is 161 Å². The maximum Gasteiger partial charge on any atom is 0.278 e. The molecule has 28 heavy (non-hydrogen) atoms. The van der Waals surface area contributed by atoms with Crippen LogP contribution in [0.4, 0.5) is 11.4 Å². The van der Waals surface area contributed by atoms with Gasteiger partial charge in [-0.1, -0.05) is 30.3 Å². The Morgan fingerprint density at radius 2 is 1.86 bits per heavy atom. The van der Waals surface area contributed by atoms with Crippen molar-refractivity contribution in [1.29, 1.82) is 0 Å². The Bertz CT molecular complexity index is 1110. The summed E-state index contributed by atoms with van der Waals surface area (Å²) in [5.74, 6) is 0.982. The number of hydrogen-bond donors (Lipinski definition) is 1. The summed E-state index contributed by atoms with van der Waals surface area (Å²) in [6.45, 7) is 1.42. The summed E-state index contributed by atoms with van der Waals surface area (Å²) in [7, 11) is 0. The highest BCUT2D eigenvalue weighted by molar-refractivity contribution is 5.96.